The Labute approximate surface area is 168 Å². The van der Waals surface area contributed by atoms with E-state index in [0.29, 0.717) is 19.6 Å². The summed E-state index contributed by atoms with van der Waals surface area (Å²) in [4.78, 5) is 32.7. The normalized spacial score (nSPS) is 11.2. The van der Waals surface area contributed by atoms with E-state index < -0.39 is 20.2 Å². The van der Waals surface area contributed by atoms with Gasteiger partial charge in [-0.1, -0.05) is 0 Å². The molecule has 0 aliphatic rings. The van der Waals surface area contributed by atoms with Crippen LogP contribution in [0.4, 0.5) is 0 Å². The fourth-order valence-electron chi connectivity index (χ4n) is 1.95. The predicted octanol–water partition coefficient (Wildman–Crippen LogP) is 3.92. The summed E-state index contributed by atoms with van der Waals surface area (Å²) in [5.41, 5.74) is 0. The monoisotopic (exact) mass is 534 g/mol. The average Bonchev–Trinajstić information content (AvgIpc) is 2.57. The summed E-state index contributed by atoms with van der Waals surface area (Å²) in [6, 6.07) is 0. The van der Waals surface area contributed by atoms with Crippen LogP contribution in [0.25, 0.3) is 0 Å². The molecule has 0 amide bonds. The second-order valence-electron chi connectivity index (χ2n) is 5.51. The Morgan fingerprint density at radius 3 is 1.81 bits per heavy atom. The van der Waals surface area contributed by atoms with Gasteiger partial charge in [-0.25, -0.2) is 0 Å². The molecular weight excluding hydrogens is 503 g/mol. The van der Waals surface area contributed by atoms with E-state index in [1.165, 1.54) is 18.3 Å². The third-order valence-corrected chi connectivity index (χ3v) is 43.3. The fourth-order valence-corrected chi connectivity index (χ4v) is 40.9. The average molecular weight is 533 g/mol. The zero-order chi connectivity index (χ0) is 19.8. The van der Waals surface area contributed by atoms with Crippen molar-refractivity contribution < 1.29 is 29.0 Å². The zero-order valence-corrected chi connectivity index (χ0v) is 21.1. The van der Waals surface area contributed by atoms with E-state index in [4.69, 9.17) is 14.6 Å². The Morgan fingerprint density at radius 1 is 0.885 bits per heavy atom. The van der Waals surface area contributed by atoms with Crippen LogP contribution in [0.1, 0.15) is 46.5 Å². The first-order valence-corrected chi connectivity index (χ1v) is 24.2. The summed E-state index contributed by atoms with van der Waals surface area (Å²) in [6.45, 7) is 5.80. The number of carboxylic acid groups (broad SMARTS) is 1. The number of hydrogen-bond acceptors (Lipinski definition) is 8. The molecule has 0 aliphatic heterocycles. The van der Waals surface area contributed by atoms with Crippen LogP contribution < -0.4 is 0 Å². The fraction of sp³-hybridized carbons (Fsp3) is 0.812. The molecule has 0 aliphatic carbocycles. The molecule has 0 rings (SSSR count). The van der Waals surface area contributed by atoms with Crippen molar-refractivity contribution in [2.75, 3.05) is 30.5 Å². The number of ether oxygens (including phenoxy) is 2. The van der Waals surface area contributed by atoms with Gasteiger partial charge < -0.3 is 0 Å². The van der Waals surface area contributed by atoms with Gasteiger partial charge in [-0.05, 0) is 0 Å². The molecule has 0 bridgehead atoms. The molecule has 0 atom stereocenters. The number of rotatable bonds is 16. The summed E-state index contributed by atoms with van der Waals surface area (Å²) in [5.74, 6) is 1.09. The number of unbranched alkanes of at least 4 members (excludes halogenated alkanes) is 1. The first kappa shape index (κ1) is 26.3. The molecular formula is C16H30O6S3Sn. The van der Waals surface area contributed by atoms with Gasteiger partial charge in [-0.15, -0.1) is 0 Å². The number of esters is 2. The first-order valence-electron chi connectivity index (χ1n) is 8.71. The van der Waals surface area contributed by atoms with Crippen LogP contribution in [-0.2, 0) is 23.9 Å². The molecule has 0 aromatic rings. The van der Waals surface area contributed by atoms with Gasteiger partial charge in [0.1, 0.15) is 0 Å². The Kier molecular flexibility index (Phi) is 16.4. The predicted molar refractivity (Wildman–Crippen MR) is 113 cm³/mol. The summed E-state index contributed by atoms with van der Waals surface area (Å²) < 4.78 is 11.3. The SMILES string of the molecule is CCC[CH2][Sn]([S]CCCC(=O)O)([S]CCOC(C)=O)[S]CCOC(C)=O. The van der Waals surface area contributed by atoms with Crippen molar-refractivity contribution in [3.05, 3.63) is 0 Å². The van der Waals surface area contributed by atoms with E-state index in [0.717, 1.165) is 30.1 Å². The van der Waals surface area contributed by atoms with E-state index in [2.05, 4.69) is 6.92 Å². The van der Waals surface area contributed by atoms with Crippen LogP contribution in [0.2, 0.25) is 4.44 Å². The summed E-state index contributed by atoms with van der Waals surface area (Å²) in [6.07, 6.45) is 3.12. The van der Waals surface area contributed by atoms with Crippen molar-refractivity contribution in [3.63, 3.8) is 0 Å². The minimum atomic E-state index is -2.73. The Hall–Kier alpha value is 0.259. The van der Waals surface area contributed by atoms with Gasteiger partial charge in [0, 0.05) is 0 Å². The second kappa shape index (κ2) is 16.2. The molecule has 0 fully saturated rings. The van der Waals surface area contributed by atoms with Gasteiger partial charge in [-0.3, -0.25) is 0 Å². The molecule has 26 heavy (non-hydrogen) atoms. The van der Waals surface area contributed by atoms with Gasteiger partial charge in [-0.2, -0.15) is 0 Å². The van der Waals surface area contributed by atoms with Crippen molar-refractivity contribution >= 4 is 59.0 Å². The maximum atomic E-state index is 11.0. The molecule has 0 spiro atoms. The Morgan fingerprint density at radius 2 is 1.38 bits per heavy atom. The molecule has 6 nitrogen and oxygen atoms in total. The minimum absolute atomic E-state index is 0.193. The molecule has 0 aromatic carbocycles. The van der Waals surface area contributed by atoms with E-state index in [1.54, 1.807) is 0 Å². The van der Waals surface area contributed by atoms with Crippen LogP contribution in [-0.4, -0.2) is 67.7 Å². The molecule has 1 N–H and O–H groups in total. The Bertz CT molecular complexity index is 381. The van der Waals surface area contributed by atoms with Crippen molar-refractivity contribution in [1.82, 2.24) is 0 Å². The van der Waals surface area contributed by atoms with Crippen molar-refractivity contribution in [2.24, 2.45) is 0 Å². The topological polar surface area (TPSA) is 89.9 Å². The van der Waals surface area contributed by atoms with E-state index in [1.807, 2.05) is 26.8 Å². The van der Waals surface area contributed by atoms with Crippen molar-refractivity contribution in [1.29, 1.82) is 0 Å². The number of carbonyl (C=O) groups excluding carboxylic acids is 2. The van der Waals surface area contributed by atoms with E-state index >= 15 is 0 Å². The number of hydrogen-bond donors (Lipinski definition) is 1. The molecule has 152 valence electrons. The molecule has 0 heterocycles. The molecule has 0 saturated carbocycles. The third-order valence-electron chi connectivity index (χ3n) is 3.11. The molecule has 0 unspecified atom stereocenters. The quantitative estimate of drug-likeness (QED) is 0.180. The van der Waals surface area contributed by atoms with Gasteiger partial charge in [0.2, 0.25) is 0 Å². The van der Waals surface area contributed by atoms with Gasteiger partial charge in [0.15, 0.2) is 0 Å². The summed E-state index contributed by atoms with van der Waals surface area (Å²) >= 11 is -2.73. The third kappa shape index (κ3) is 15.3. The van der Waals surface area contributed by atoms with Crippen LogP contribution >= 0.6 is 26.8 Å². The van der Waals surface area contributed by atoms with E-state index in [9.17, 15) is 14.4 Å². The second-order valence-corrected chi connectivity index (χ2v) is 39.6. The Balaban J connectivity index is 4.74. The first-order chi connectivity index (χ1) is 12.3. The number of carboxylic acids is 1. The molecule has 10 heteroatoms. The zero-order valence-electron chi connectivity index (χ0n) is 15.8. The van der Waals surface area contributed by atoms with Crippen LogP contribution in [0.3, 0.4) is 0 Å². The van der Waals surface area contributed by atoms with Crippen LogP contribution in [0.15, 0.2) is 0 Å². The molecule has 0 saturated heterocycles. The standard InChI is InChI=1S/3C4H8O2S.C4H9.Sn/c2*1-4(5)6-2-3-7;5-4(6)2-1-3-7;1-3-4-2;/h2*7H,2-3H2,1H3;7H,1-3H2,(H,5,6);1,3-4H2,2H3;/q;;;;+3/p-3. The van der Waals surface area contributed by atoms with Crippen LogP contribution in [0, 0.1) is 0 Å². The van der Waals surface area contributed by atoms with Crippen LogP contribution in [0.5, 0.6) is 0 Å². The van der Waals surface area contributed by atoms with Crippen molar-refractivity contribution in [3.8, 4) is 0 Å². The van der Waals surface area contributed by atoms with E-state index in [-0.39, 0.29) is 18.4 Å². The number of carbonyl (C=O) groups is 3. The van der Waals surface area contributed by atoms with Gasteiger partial charge in [0.25, 0.3) is 0 Å². The van der Waals surface area contributed by atoms with Crippen molar-refractivity contribution in [2.45, 2.75) is 50.9 Å². The number of aliphatic carboxylic acids is 1. The van der Waals surface area contributed by atoms with Gasteiger partial charge >= 0.3 is 169 Å². The van der Waals surface area contributed by atoms with Gasteiger partial charge in [0.05, 0.1) is 0 Å². The summed E-state index contributed by atoms with van der Waals surface area (Å²) in [7, 11) is 5.84. The maximum absolute atomic E-state index is 11.0. The summed E-state index contributed by atoms with van der Waals surface area (Å²) in [5, 5.41) is 8.84. The molecule has 0 radical (unpaired) electrons. The molecule has 0 aromatic heterocycles.